The standard InChI is InChI=1S/C6H8N2O.ClH/c7-6(1-2-6)5-3-9-4-8-5;/h3-4H,1-2,7H2;1H. The lowest BCUT2D eigenvalue weighted by Crippen LogP contribution is -3.00. The Morgan fingerprint density at radius 2 is 2.30 bits per heavy atom. The average Bonchev–Trinajstić information content (AvgIpc) is 2.46. The molecular weight excluding hydrogens is 152 g/mol. The minimum Gasteiger partial charge on any atom is -1.00 e. The normalized spacial score (nSPS) is 19.7. The molecule has 2 rings (SSSR count). The predicted molar refractivity (Wildman–Crippen MR) is 30.3 cm³/mol. The van der Waals surface area contributed by atoms with Gasteiger partial charge in [-0.15, -0.1) is 0 Å². The van der Waals surface area contributed by atoms with Crippen molar-refractivity contribution in [2.75, 3.05) is 0 Å². The van der Waals surface area contributed by atoms with Crippen molar-refractivity contribution in [3.8, 4) is 0 Å². The number of quaternary nitrogens is 1. The smallest absolute Gasteiger partial charge is 0.180 e. The summed E-state index contributed by atoms with van der Waals surface area (Å²) in [7, 11) is 0. The third kappa shape index (κ3) is 1.02. The monoisotopic (exact) mass is 160 g/mol. The number of aromatic nitrogens is 1. The van der Waals surface area contributed by atoms with E-state index in [4.69, 9.17) is 4.42 Å². The molecule has 0 amide bonds. The Morgan fingerprint density at radius 1 is 1.60 bits per heavy atom. The summed E-state index contributed by atoms with van der Waals surface area (Å²) in [6, 6.07) is 0. The highest BCUT2D eigenvalue weighted by Gasteiger charge is 2.47. The first-order valence-electron chi connectivity index (χ1n) is 3.05. The fourth-order valence-electron chi connectivity index (χ4n) is 0.881. The Kier molecular flexibility index (Phi) is 1.70. The second kappa shape index (κ2) is 2.25. The minimum absolute atomic E-state index is 0. The molecule has 1 aromatic rings. The van der Waals surface area contributed by atoms with E-state index < -0.39 is 0 Å². The van der Waals surface area contributed by atoms with E-state index in [9.17, 15) is 0 Å². The molecule has 1 aliphatic rings. The zero-order chi connectivity index (χ0) is 6.32. The molecule has 1 aromatic heterocycles. The van der Waals surface area contributed by atoms with Gasteiger partial charge in [-0.05, 0) is 0 Å². The van der Waals surface area contributed by atoms with Crippen LogP contribution in [0.5, 0.6) is 0 Å². The van der Waals surface area contributed by atoms with Gasteiger partial charge in [-0.3, -0.25) is 0 Å². The van der Waals surface area contributed by atoms with E-state index in [1.807, 2.05) is 0 Å². The largest absolute Gasteiger partial charge is 1.00 e. The Bertz CT molecular complexity index is 206. The number of oxazole rings is 1. The molecule has 0 spiro atoms. The van der Waals surface area contributed by atoms with Crippen molar-refractivity contribution in [3.05, 3.63) is 18.4 Å². The highest BCUT2D eigenvalue weighted by atomic mass is 35.5. The Hall–Kier alpha value is -0.540. The summed E-state index contributed by atoms with van der Waals surface area (Å²) in [5, 5.41) is 0. The fraction of sp³-hybridized carbons (Fsp3) is 0.500. The number of halogens is 1. The lowest BCUT2D eigenvalue weighted by atomic mass is 10.2. The molecule has 0 atom stereocenters. The highest BCUT2D eigenvalue weighted by Crippen LogP contribution is 2.39. The van der Waals surface area contributed by atoms with E-state index in [0.29, 0.717) is 0 Å². The minimum atomic E-state index is 0. The summed E-state index contributed by atoms with van der Waals surface area (Å²) in [4.78, 5) is 4.02. The summed E-state index contributed by atoms with van der Waals surface area (Å²) in [5.74, 6) is 0. The van der Waals surface area contributed by atoms with Crippen LogP contribution in [0.3, 0.4) is 0 Å². The average molecular weight is 161 g/mol. The van der Waals surface area contributed by atoms with Crippen molar-refractivity contribution < 1.29 is 22.6 Å². The maximum atomic E-state index is 4.83. The van der Waals surface area contributed by atoms with Crippen molar-refractivity contribution in [2.24, 2.45) is 0 Å². The number of hydrogen-bond acceptors (Lipinski definition) is 2. The lowest BCUT2D eigenvalue weighted by Gasteiger charge is -1.95. The van der Waals surface area contributed by atoms with E-state index in [2.05, 4.69) is 10.7 Å². The van der Waals surface area contributed by atoms with Gasteiger partial charge in [-0.2, -0.15) is 0 Å². The van der Waals surface area contributed by atoms with Gasteiger partial charge in [0.1, 0.15) is 17.5 Å². The van der Waals surface area contributed by atoms with Crippen LogP contribution in [-0.4, -0.2) is 4.98 Å². The van der Waals surface area contributed by atoms with E-state index in [-0.39, 0.29) is 17.9 Å². The van der Waals surface area contributed by atoms with Crippen molar-refractivity contribution in [1.82, 2.24) is 4.98 Å². The molecule has 0 unspecified atom stereocenters. The van der Waals surface area contributed by atoms with Crippen LogP contribution in [0.4, 0.5) is 0 Å². The summed E-state index contributed by atoms with van der Waals surface area (Å²) in [6.07, 6.45) is 5.44. The van der Waals surface area contributed by atoms with Gasteiger partial charge in [-0.25, -0.2) is 4.98 Å². The third-order valence-corrected chi connectivity index (χ3v) is 1.83. The molecule has 1 aliphatic carbocycles. The van der Waals surface area contributed by atoms with Gasteiger partial charge >= 0.3 is 0 Å². The van der Waals surface area contributed by atoms with Gasteiger partial charge in [0.05, 0.1) is 0 Å². The fourth-order valence-corrected chi connectivity index (χ4v) is 0.881. The molecule has 0 radical (unpaired) electrons. The summed E-state index contributed by atoms with van der Waals surface area (Å²) in [6.45, 7) is 0. The number of hydrogen-bond donors (Lipinski definition) is 1. The first kappa shape index (κ1) is 7.57. The molecule has 0 aliphatic heterocycles. The van der Waals surface area contributed by atoms with Crippen LogP contribution < -0.4 is 18.1 Å². The van der Waals surface area contributed by atoms with Crippen LogP contribution in [0, 0.1) is 0 Å². The van der Waals surface area contributed by atoms with Gasteiger partial charge in [0.2, 0.25) is 0 Å². The maximum absolute atomic E-state index is 4.83. The SMILES string of the molecule is [Cl-].[NH3+]C1(c2cocn2)CC1. The second-order valence-corrected chi connectivity index (χ2v) is 2.65. The molecule has 3 nitrogen and oxygen atoms in total. The van der Waals surface area contributed by atoms with Crippen LogP contribution in [0.25, 0.3) is 0 Å². The quantitative estimate of drug-likeness (QED) is 0.474. The molecule has 3 N–H and O–H groups in total. The second-order valence-electron chi connectivity index (χ2n) is 2.65. The van der Waals surface area contributed by atoms with Crippen molar-refractivity contribution >= 4 is 0 Å². The molecule has 4 heteroatoms. The Morgan fingerprint density at radius 3 is 2.70 bits per heavy atom. The topological polar surface area (TPSA) is 53.7 Å². The van der Waals surface area contributed by atoms with E-state index >= 15 is 0 Å². The Balaban J connectivity index is 0.000000500. The molecular formula is C6H9ClN2O. The summed E-state index contributed by atoms with van der Waals surface area (Å²) in [5.41, 5.74) is 5.12. The van der Waals surface area contributed by atoms with Crippen LogP contribution >= 0.6 is 0 Å². The molecule has 0 bridgehead atoms. The molecule has 1 saturated carbocycles. The maximum Gasteiger partial charge on any atom is 0.180 e. The van der Waals surface area contributed by atoms with Crippen LogP contribution in [0.15, 0.2) is 17.1 Å². The first-order valence-corrected chi connectivity index (χ1v) is 3.05. The van der Waals surface area contributed by atoms with Gasteiger partial charge in [0.15, 0.2) is 6.39 Å². The van der Waals surface area contributed by atoms with Crippen LogP contribution in [-0.2, 0) is 5.54 Å². The van der Waals surface area contributed by atoms with E-state index in [0.717, 1.165) is 18.5 Å². The van der Waals surface area contributed by atoms with Gasteiger partial charge in [0.25, 0.3) is 0 Å². The Labute approximate surface area is 65.0 Å². The van der Waals surface area contributed by atoms with Gasteiger partial charge in [0, 0.05) is 12.8 Å². The molecule has 10 heavy (non-hydrogen) atoms. The van der Waals surface area contributed by atoms with Crippen molar-refractivity contribution in [2.45, 2.75) is 18.4 Å². The molecule has 56 valence electrons. The van der Waals surface area contributed by atoms with E-state index in [1.54, 1.807) is 6.26 Å². The lowest BCUT2D eigenvalue weighted by molar-refractivity contribution is -0.447. The zero-order valence-electron chi connectivity index (χ0n) is 5.51. The van der Waals surface area contributed by atoms with Crippen molar-refractivity contribution in [3.63, 3.8) is 0 Å². The molecule has 1 heterocycles. The third-order valence-electron chi connectivity index (χ3n) is 1.83. The van der Waals surface area contributed by atoms with Crippen molar-refractivity contribution in [1.29, 1.82) is 0 Å². The highest BCUT2D eigenvalue weighted by molar-refractivity contribution is 5.12. The van der Waals surface area contributed by atoms with Crippen LogP contribution in [0.2, 0.25) is 0 Å². The van der Waals surface area contributed by atoms with Gasteiger partial charge < -0.3 is 22.6 Å². The number of nitrogens with zero attached hydrogens (tertiary/aromatic N) is 1. The van der Waals surface area contributed by atoms with Gasteiger partial charge in [-0.1, -0.05) is 0 Å². The van der Waals surface area contributed by atoms with Crippen LogP contribution in [0.1, 0.15) is 18.5 Å². The predicted octanol–water partition coefficient (Wildman–Crippen LogP) is -3.09. The summed E-state index contributed by atoms with van der Waals surface area (Å²) >= 11 is 0. The first-order chi connectivity index (χ1) is 4.31. The summed E-state index contributed by atoms with van der Waals surface area (Å²) < 4.78 is 4.83. The molecule has 0 aromatic carbocycles. The van der Waals surface area contributed by atoms with E-state index in [1.165, 1.54) is 6.39 Å². The number of rotatable bonds is 1. The zero-order valence-corrected chi connectivity index (χ0v) is 6.27. The molecule has 1 fully saturated rings. The molecule has 0 saturated heterocycles.